The van der Waals surface area contributed by atoms with Gasteiger partial charge in [0, 0.05) is 0 Å². The molecule has 0 unspecified atom stereocenters. The van der Waals surface area contributed by atoms with Crippen LogP contribution in [0.25, 0.3) is 0 Å². The van der Waals surface area contributed by atoms with Gasteiger partial charge in [-0.3, -0.25) is 0 Å². The van der Waals surface area contributed by atoms with Gasteiger partial charge in [0.1, 0.15) is 0 Å². The van der Waals surface area contributed by atoms with E-state index in [2.05, 4.69) is 0 Å². The van der Waals surface area contributed by atoms with Gasteiger partial charge in [-0.1, -0.05) is 0 Å². The molecule has 0 saturated carbocycles. The quantitative estimate of drug-likeness (QED) is 0.690. The molecule has 12 heavy (non-hydrogen) atoms. The first kappa shape index (κ1) is 9.36. The van der Waals surface area contributed by atoms with Gasteiger partial charge in [0.05, 0.1) is 0 Å². The second-order valence-electron chi connectivity index (χ2n) is 1.95. The molecule has 0 radical (unpaired) electrons. The molecule has 0 atom stereocenters. The van der Waals surface area contributed by atoms with E-state index in [9.17, 15) is 13.2 Å². The van der Waals surface area contributed by atoms with Crippen molar-refractivity contribution in [2.75, 3.05) is 0 Å². The average Bonchev–Trinajstić information content (AvgIpc) is 2.06. The van der Waals surface area contributed by atoms with E-state index in [1.165, 1.54) is 0 Å². The fourth-order valence-electron chi connectivity index (χ4n) is 0.631. The monoisotopic (exact) mass is 238 g/mol. The number of benzene rings is 1. The van der Waals surface area contributed by atoms with Crippen molar-refractivity contribution in [3.8, 4) is 0 Å². The third kappa shape index (κ3) is 2.72. The van der Waals surface area contributed by atoms with Crippen LogP contribution in [0.15, 0.2) is 41.1 Å². The molecule has 0 nitrogen and oxygen atoms in total. The van der Waals surface area contributed by atoms with Gasteiger partial charge in [0.15, 0.2) is 0 Å². The second-order valence-corrected chi connectivity index (χ2v) is 4.12. The van der Waals surface area contributed by atoms with Crippen LogP contribution < -0.4 is 4.46 Å². The van der Waals surface area contributed by atoms with Gasteiger partial charge in [0.2, 0.25) is 0 Å². The van der Waals surface area contributed by atoms with Gasteiger partial charge < -0.3 is 0 Å². The molecule has 0 aliphatic carbocycles. The van der Waals surface area contributed by atoms with Crippen LogP contribution in [0.1, 0.15) is 0 Å². The summed E-state index contributed by atoms with van der Waals surface area (Å²) in [5.41, 5.74) is 0. The van der Waals surface area contributed by atoms with E-state index in [1.807, 2.05) is 0 Å². The van der Waals surface area contributed by atoms with E-state index in [-0.39, 0.29) is 0 Å². The molecule has 0 aliphatic heterocycles. The third-order valence-electron chi connectivity index (χ3n) is 1.10. The molecular formula is C8H5F3Se. The molecule has 0 aliphatic rings. The minimum atomic E-state index is -2.21. The van der Waals surface area contributed by atoms with Gasteiger partial charge in [-0.05, 0) is 0 Å². The van der Waals surface area contributed by atoms with Crippen LogP contribution in [-0.4, -0.2) is 15.0 Å². The summed E-state index contributed by atoms with van der Waals surface area (Å²) in [6.07, 6.45) is -2.21. The number of rotatable bonds is 2. The van der Waals surface area contributed by atoms with E-state index in [0.29, 0.717) is 4.46 Å². The third-order valence-corrected chi connectivity index (χ3v) is 2.86. The Balaban J connectivity index is 2.72. The van der Waals surface area contributed by atoms with Crippen molar-refractivity contribution in [1.29, 1.82) is 0 Å². The maximum atomic E-state index is 12.4. The van der Waals surface area contributed by atoms with Crippen molar-refractivity contribution in [1.82, 2.24) is 0 Å². The van der Waals surface area contributed by atoms with Crippen LogP contribution in [-0.2, 0) is 0 Å². The first-order valence-corrected chi connectivity index (χ1v) is 4.85. The predicted octanol–water partition coefficient (Wildman–Crippen LogP) is 2.05. The van der Waals surface area contributed by atoms with Crippen LogP contribution in [0.3, 0.4) is 0 Å². The molecule has 1 aromatic rings. The standard InChI is InChI=1S/C8H5F3Se/c9-7(10)8(11)12-6-4-2-1-3-5-6/h1-5H. The Morgan fingerprint density at radius 3 is 2.08 bits per heavy atom. The van der Waals surface area contributed by atoms with Crippen LogP contribution in [0.5, 0.6) is 0 Å². The van der Waals surface area contributed by atoms with Crippen LogP contribution in [0.4, 0.5) is 13.2 Å². The molecular weight excluding hydrogens is 232 g/mol. The molecule has 0 spiro atoms. The summed E-state index contributed by atoms with van der Waals surface area (Å²) in [4.78, 5) is 0. The van der Waals surface area contributed by atoms with Crippen molar-refractivity contribution in [3.63, 3.8) is 0 Å². The van der Waals surface area contributed by atoms with Gasteiger partial charge in [-0.15, -0.1) is 0 Å². The van der Waals surface area contributed by atoms with E-state index < -0.39 is 25.8 Å². The molecule has 1 rings (SSSR count). The Hall–Kier alpha value is -0.731. The Labute approximate surface area is 74.2 Å². The molecule has 0 fully saturated rings. The normalized spacial score (nSPS) is 9.58. The predicted molar refractivity (Wildman–Crippen MR) is 42.2 cm³/mol. The average molecular weight is 237 g/mol. The maximum absolute atomic E-state index is 12.4. The first-order valence-electron chi connectivity index (χ1n) is 3.14. The van der Waals surface area contributed by atoms with Crippen LogP contribution in [0, 0.1) is 0 Å². The summed E-state index contributed by atoms with van der Waals surface area (Å²) < 4.78 is 34.9. The fraction of sp³-hybridized carbons (Fsp3) is 0. The molecule has 0 amide bonds. The summed E-state index contributed by atoms with van der Waals surface area (Å²) in [5.74, 6) is 0. The molecule has 0 heterocycles. The second kappa shape index (κ2) is 4.33. The molecule has 1 aromatic carbocycles. The molecule has 0 bridgehead atoms. The fourth-order valence-corrected chi connectivity index (χ4v) is 1.84. The number of hydrogen-bond donors (Lipinski definition) is 0. The minimum absolute atomic E-state index is 0.607. The van der Waals surface area contributed by atoms with Crippen molar-refractivity contribution in [2.45, 2.75) is 0 Å². The summed E-state index contributed by atoms with van der Waals surface area (Å²) >= 11 is -0.889. The van der Waals surface area contributed by atoms with E-state index in [1.54, 1.807) is 30.3 Å². The Bertz CT molecular complexity index is 278. The van der Waals surface area contributed by atoms with Gasteiger partial charge >= 0.3 is 73.7 Å². The van der Waals surface area contributed by atoms with Gasteiger partial charge in [0.25, 0.3) is 0 Å². The van der Waals surface area contributed by atoms with Crippen molar-refractivity contribution >= 4 is 19.4 Å². The zero-order chi connectivity index (χ0) is 8.97. The zero-order valence-electron chi connectivity index (χ0n) is 5.93. The summed E-state index contributed by atoms with van der Waals surface area (Å²) in [5, 5.41) is 0. The van der Waals surface area contributed by atoms with Gasteiger partial charge in [-0.25, -0.2) is 0 Å². The van der Waals surface area contributed by atoms with Gasteiger partial charge in [-0.2, -0.15) is 0 Å². The van der Waals surface area contributed by atoms with Crippen molar-refractivity contribution < 1.29 is 13.2 Å². The number of hydrogen-bond acceptors (Lipinski definition) is 0. The Morgan fingerprint density at radius 2 is 1.58 bits per heavy atom. The molecule has 64 valence electrons. The molecule has 0 aromatic heterocycles. The van der Waals surface area contributed by atoms with Crippen LogP contribution >= 0.6 is 0 Å². The first-order chi connectivity index (χ1) is 5.70. The molecule has 4 heteroatoms. The molecule has 0 saturated heterocycles. The SMILES string of the molecule is FC(F)=C(F)[Se]c1ccccc1. The zero-order valence-corrected chi connectivity index (χ0v) is 7.64. The van der Waals surface area contributed by atoms with Crippen molar-refractivity contribution in [3.05, 3.63) is 41.1 Å². The van der Waals surface area contributed by atoms with E-state index >= 15 is 0 Å². The Kier molecular flexibility index (Phi) is 3.38. The van der Waals surface area contributed by atoms with E-state index in [0.717, 1.165) is 0 Å². The topological polar surface area (TPSA) is 0 Å². The van der Waals surface area contributed by atoms with Crippen molar-refractivity contribution in [2.24, 2.45) is 0 Å². The Morgan fingerprint density at radius 1 is 1.00 bits per heavy atom. The summed E-state index contributed by atoms with van der Waals surface area (Å²) in [6.45, 7) is 0. The molecule has 0 N–H and O–H groups in total. The summed E-state index contributed by atoms with van der Waals surface area (Å²) in [6, 6.07) is 8.40. The summed E-state index contributed by atoms with van der Waals surface area (Å²) in [7, 11) is 0. The van der Waals surface area contributed by atoms with E-state index in [4.69, 9.17) is 0 Å². The number of halogens is 3. The van der Waals surface area contributed by atoms with Crippen LogP contribution in [0.2, 0.25) is 0 Å².